The van der Waals surface area contributed by atoms with Crippen molar-refractivity contribution in [1.82, 2.24) is 10.3 Å². The number of aryl methyl sites for hydroxylation is 1. The van der Waals surface area contributed by atoms with Crippen LogP contribution in [-0.2, 0) is 6.42 Å². The summed E-state index contributed by atoms with van der Waals surface area (Å²) in [6.45, 7) is 9.83. The minimum Gasteiger partial charge on any atom is -0.496 e. The van der Waals surface area contributed by atoms with Crippen LogP contribution in [0.5, 0.6) is 5.75 Å². The quantitative estimate of drug-likeness (QED) is 0.896. The van der Waals surface area contributed by atoms with E-state index in [1.54, 1.807) is 7.11 Å². The van der Waals surface area contributed by atoms with Crippen LogP contribution in [0.2, 0.25) is 0 Å². The van der Waals surface area contributed by atoms with E-state index < -0.39 is 0 Å². The van der Waals surface area contributed by atoms with E-state index in [0.29, 0.717) is 6.04 Å². The van der Waals surface area contributed by atoms with Gasteiger partial charge in [0.15, 0.2) is 0 Å². The Morgan fingerprint density at radius 3 is 2.75 bits per heavy atom. The van der Waals surface area contributed by atoms with Crippen molar-refractivity contribution < 1.29 is 4.74 Å². The molecular formula is C17H28N2O. The molecule has 1 fully saturated rings. The zero-order chi connectivity index (χ0) is 14.7. The summed E-state index contributed by atoms with van der Waals surface area (Å²) in [5.74, 6) is 2.46. The Kier molecular flexibility index (Phi) is 5.03. The van der Waals surface area contributed by atoms with Crippen molar-refractivity contribution in [1.29, 1.82) is 0 Å². The topological polar surface area (TPSA) is 34.2 Å². The highest BCUT2D eigenvalue weighted by atomic mass is 16.5. The molecule has 1 heterocycles. The summed E-state index contributed by atoms with van der Waals surface area (Å²) < 4.78 is 5.52. The molecule has 0 bridgehead atoms. The monoisotopic (exact) mass is 276 g/mol. The van der Waals surface area contributed by atoms with Crippen LogP contribution < -0.4 is 10.1 Å². The molecule has 1 N–H and O–H groups in total. The number of hydrogen-bond acceptors (Lipinski definition) is 3. The van der Waals surface area contributed by atoms with Gasteiger partial charge in [-0.1, -0.05) is 13.8 Å². The Hall–Kier alpha value is -1.09. The molecule has 0 saturated heterocycles. The number of nitrogens with one attached hydrogen (secondary N) is 1. The molecule has 0 aliphatic heterocycles. The fourth-order valence-corrected chi connectivity index (χ4v) is 3.61. The van der Waals surface area contributed by atoms with Gasteiger partial charge >= 0.3 is 0 Å². The highest BCUT2D eigenvalue weighted by Crippen LogP contribution is 2.35. The van der Waals surface area contributed by atoms with Crippen LogP contribution in [0.15, 0.2) is 6.20 Å². The molecule has 1 aliphatic carbocycles. The average molecular weight is 276 g/mol. The van der Waals surface area contributed by atoms with E-state index in [9.17, 15) is 0 Å². The second-order valence-corrected chi connectivity index (χ2v) is 6.11. The predicted molar refractivity (Wildman–Crippen MR) is 83.3 cm³/mol. The maximum Gasteiger partial charge on any atom is 0.128 e. The van der Waals surface area contributed by atoms with Gasteiger partial charge in [0, 0.05) is 29.1 Å². The summed E-state index contributed by atoms with van der Waals surface area (Å²) in [5, 5.41) is 3.61. The first-order valence-electron chi connectivity index (χ1n) is 7.80. The van der Waals surface area contributed by atoms with Crippen molar-refractivity contribution >= 4 is 0 Å². The van der Waals surface area contributed by atoms with Gasteiger partial charge in [-0.2, -0.15) is 0 Å². The molecule has 112 valence electrons. The molecule has 1 saturated carbocycles. The lowest BCUT2D eigenvalue weighted by molar-refractivity contribution is 0.351. The zero-order valence-corrected chi connectivity index (χ0v) is 13.5. The van der Waals surface area contributed by atoms with Crippen LogP contribution >= 0.6 is 0 Å². The van der Waals surface area contributed by atoms with Crippen LogP contribution in [0.25, 0.3) is 0 Å². The van der Waals surface area contributed by atoms with Crippen molar-refractivity contribution in [3.8, 4) is 5.75 Å². The number of pyridine rings is 1. The third-order valence-electron chi connectivity index (χ3n) is 4.90. The first kappa shape index (κ1) is 15.3. The van der Waals surface area contributed by atoms with Gasteiger partial charge in [0.1, 0.15) is 5.75 Å². The van der Waals surface area contributed by atoms with Crippen molar-refractivity contribution in [2.75, 3.05) is 13.7 Å². The van der Waals surface area contributed by atoms with Gasteiger partial charge in [-0.3, -0.25) is 4.98 Å². The van der Waals surface area contributed by atoms with Gasteiger partial charge in [0.25, 0.3) is 0 Å². The van der Waals surface area contributed by atoms with Gasteiger partial charge < -0.3 is 10.1 Å². The number of ether oxygens (including phenoxy) is 1. The van der Waals surface area contributed by atoms with Gasteiger partial charge in [-0.15, -0.1) is 0 Å². The minimum atomic E-state index is 0.678. The number of rotatable bonds is 5. The highest BCUT2D eigenvalue weighted by molar-refractivity contribution is 5.41. The van der Waals surface area contributed by atoms with E-state index >= 15 is 0 Å². The molecule has 0 aromatic carbocycles. The number of aromatic nitrogens is 1. The maximum absolute atomic E-state index is 5.52. The van der Waals surface area contributed by atoms with E-state index in [1.165, 1.54) is 24.1 Å². The maximum atomic E-state index is 5.52. The van der Waals surface area contributed by atoms with Gasteiger partial charge in [-0.25, -0.2) is 0 Å². The molecule has 20 heavy (non-hydrogen) atoms. The predicted octanol–water partition coefficient (Wildman–Crippen LogP) is 3.27. The lowest BCUT2D eigenvalue weighted by atomic mass is 9.90. The van der Waals surface area contributed by atoms with Crippen LogP contribution in [0, 0.1) is 25.7 Å². The third-order valence-corrected chi connectivity index (χ3v) is 4.90. The molecule has 1 aliphatic rings. The zero-order valence-electron chi connectivity index (χ0n) is 13.5. The fraction of sp³-hybridized carbons (Fsp3) is 0.706. The smallest absolute Gasteiger partial charge is 0.128 e. The Morgan fingerprint density at radius 1 is 1.35 bits per heavy atom. The molecule has 1 aromatic rings. The molecule has 2 rings (SSSR count). The van der Waals surface area contributed by atoms with E-state index in [2.05, 4.69) is 38.0 Å². The number of methoxy groups -OCH3 is 1. The number of nitrogens with zero attached hydrogens (tertiary/aromatic N) is 1. The second kappa shape index (κ2) is 6.57. The van der Waals surface area contributed by atoms with E-state index in [4.69, 9.17) is 4.74 Å². The largest absolute Gasteiger partial charge is 0.496 e. The van der Waals surface area contributed by atoms with Crippen LogP contribution in [0.3, 0.4) is 0 Å². The molecule has 1 aromatic heterocycles. The molecule has 3 atom stereocenters. The van der Waals surface area contributed by atoms with Crippen molar-refractivity contribution in [3.63, 3.8) is 0 Å². The SMILES string of the molecule is CCNC1CCC(Cc2ncc(C)c(OC)c2C)C1C. The Balaban J connectivity index is 2.11. The molecular weight excluding hydrogens is 248 g/mol. The molecule has 3 heteroatoms. The van der Waals surface area contributed by atoms with Crippen molar-refractivity contribution in [3.05, 3.63) is 23.0 Å². The average Bonchev–Trinajstić information content (AvgIpc) is 2.76. The lowest BCUT2D eigenvalue weighted by Gasteiger charge is -2.22. The first-order valence-corrected chi connectivity index (χ1v) is 7.80. The summed E-state index contributed by atoms with van der Waals surface area (Å²) in [6, 6.07) is 0.678. The summed E-state index contributed by atoms with van der Waals surface area (Å²) in [5.41, 5.74) is 3.55. The number of hydrogen-bond donors (Lipinski definition) is 1. The van der Waals surface area contributed by atoms with Crippen molar-refractivity contribution in [2.45, 2.75) is 53.0 Å². The molecule has 0 amide bonds. The van der Waals surface area contributed by atoms with E-state index in [-0.39, 0.29) is 0 Å². The summed E-state index contributed by atoms with van der Waals surface area (Å²) >= 11 is 0. The molecule has 0 spiro atoms. The highest BCUT2D eigenvalue weighted by Gasteiger charge is 2.32. The summed E-state index contributed by atoms with van der Waals surface area (Å²) in [4.78, 5) is 4.65. The molecule has 3 nitrogen and oxygen atoms in total. The Bertz CT molecular complexity index is 459. The van der Waals surface area contributed by atoms with Gasteiger partial charge in [0.05, 0.1) is 7.11 Å². The summed E-state index contributed by atoms with van der Waals surface area (Å²) in [6.07, 6.45) is 5.62. The molecule has 3 unspecified atom stereocenters. The normalized spacial score (nSPS) is 25.9. The van der Waals surface area contributed by atoms with Crippen molar-refractivity contribution in [2.24, 2.45) is 11.8 Å². The van der Waals surface area contributed by atoms with Crippen LogP contribution in [-0.4, -0.2) is 24.7 Å². The van der Waals surface area contributed by atoms with E-state index in [1.807, 2.05) is 6.20 Å². The van der Waals surface area contributed by atoms with Crippen LogP contribution in [0.1, 0.15) is 43.5 Å². The van der Waals surface area contributed by atoms with Gasteiger partial charge in [0.2, 0.25) is 0 Å². The standard InChI is InChI=1S/C17H28N2O/c1-6-18-15-8-7-14(12(15)3)9-16-13(4)17(20-5)11(2)10-19-16/h10,12,14-15,18H,6-9H2,1-5H3. The first-order chi connectivity index (χ1) is 9.58. The Labute approximate surface area is 123 Å². The van der Waals surface area contributed by atoms with Gasteiger partial charge in [-0.05, 0) is 51.5 Å². The fourth-order valence-electron chi connectivity index (χ4n) is 3.61. The second-order valence-electron chi connectivity index (χ2n) is 6.11. The van der Waals surface area contributed by atoms with E-state index in [0.717, 1.165) is 36.1 Å². The minimum absolute atomic E-state index is 0.678. The van der Waals surface area contributed by atoms with Crippen LogP contribution in [0.4, 0.5) is 0 Å². The lowest BCUT2D eigenvalue weighted by Crippen LogP contribution is -2.32. The Morgan fingerprint density at radius 2 is 2.10 bits per heavy atom. The molecule has 0 radical (unpaired) electrons. The third kappa shape index (κ3) is 2.98. The summed E-state index contributed by atoms with van der Waals surface area (Å²) in [7, 11) is 1.75.